The molecular formula is C22H28N6O. The van der Waals surface area contributed by atoms with Crippen molar-refractivity contribution in [3.05, 3.63) is 65.0 Å². The molecule has 4 rings (SSSR count). The van der Waals surface area contributed by atoms with Gasteiger partial charge in [0.05, 0.1) is 24.9 Å². The third-order valence-electron chi connectivity index (χ3n) is 5.53. The number of ether oxygens (including phenoxy) is 1. The molecule has 0 aliphatic carbocycles. The third kappa shape index (κ3) is 3.88. The van der Waals surface area contributed by atoms with Gasteiger partial charge >= 0.3 is 0 Å². The van der Waals surface area contributed by atoms with Gasteiger partial charge in [0.2, 0.25) is 0 Å². The molecule has 1 aliphatic rings. The molecule has 7 heteroatoms. The first-order valence-electron chi connectivity index (χ1n) is 10.00. The number of nitrogens with zero attached hydrogens (tertiary/aromatic N) is 6. The van der Waals surface area contributed by atoms with Gasteiger partial charge in [-0.2, -0.15) is 4.68 Å². The van der Waals surface area contributed by atoms with E-state index in [0.29, 0.717) is 0 Å². The second kappa shape index (κ2) is 8.31. The average Bonchev–Trinajstić information content (AvgIpc) is 3.18. The summed E-state index contributed by atoms with van der Waals surface area (Å²) in [6.07, 6.45) is 0. The SMILES string of the molecule is Cc1cccc(C)c1-n1nnnc1[C@@H](c1ccc(N(C)C)cc1)N1CCOCC1. The zero-order valence-electron chi connectivity index (χ0n) is 17.5. The van der Waals surface area contributed by atoms with Crippen LogP contribution in [-0.4, -0.2) is 65.5 Å². The molecule has 0 amide bonds. The normalized spacial score (nSPS) is 16.0. The van der Waals surface area contributed by atoms with Gasteiger partial charge in [0.15, 0.2) is 5.82 Å². The van der Waals surface area contributed by atoms with E-state index in [1.807, 2.05) is 4.68 Å². The second-order valence-electron chi connectivity index (χ2n) is 7.73. The highest BCUT2D eigenvalue weighted by atomic mass is 16.5. The predicted molar refractivity (Wildman–Crippen MR) is 114 cm³/mol. The molecule has 0 saturated carbocycles. The van der Waals surface area contributed by atoms with Crippen molar-refractivity contribution in [2.45, 2.75) is 19.9 Å². The van der Waals surface area contributed by atoms with Crippen molar-refractivity contribution < 1.29 is 4.74 Å². The fraction of sp³-hybridized carbons (Fsp3) is 0.409. The van der Waals surface area contributed by atoms with Gasteiger partial charge in [-0.15, -0.1) is 5.10 Å². The summed E-state index contributed by atoms with van der Waals surface area (Å²) in [5, 5.41) is 12.9. The largest absolute Gasteiger partial charge is 0.379 e. The highest BCUT2D eigenvalue weighted by Gasteiger charge is 2.30. The van der Waals surface area contributed by atoms with E-state index in [4.69, 9.17) is 4.74 Å². The van der Waals surface area contributed by atoms with Gasteiger partial charge in [-0.1, -0.05) is 30.3 Å². The van der Waals surface area contributed by atoms with E-state index in [1.54, 1.807) is 0 Å². The van der Waals surface area contributed by atoms with Gasteiger partial charge in [0.25, 0.3) is 0 Å². The summed E-state index contributed by atoms with van der Waals surface area (Å²) in [7, 11) is 4.10. The van der Waals surface area contributed by atoms with Crippen LogP contribution in [0.4, 0.5) is 5.69 Å². The lowest BCUT2D eigenvalue weighted by Gasteiger charge is -2.34. The lowest BCUT2D eigenvalue weighted by atomic mass is 10.0. The smallest absolute Gasteiger partial charge is 0.178 e. The summed E-state index contributed by atoms with van der Waals surface area (Å²) in [6, 6.07) is 14.9. The van der Waals surface area contributed by atoms with E-state index >= 15 is 0 Å². The fourth-order valence-corrected chi connectivity index (χ4v) is 3.98. The number of hydrogen-bond donors (Lipinski definition) is 0. The molecule has 1 saturated heterocycles. The Hall–Kier alpha value is -2.77. The highest BCUT2D eigenvalue weighted by Crippen LogP contribution is 2.31. The van der Waals surface area contributed by atoms with Crippen molar-refractivity contribution in [3.63, 3.8) is 0 Å². The van der Waals surface area contributed by atoms with E-state index in [1.165, 1.54) is 11.3 Å². The Balaban J connectivity index is 1.82. The molecule has 0 unspecified atom stereocenters. The maximum atomic E-state index is 5.60. The number of aryl methyl sites for hydroxylation is 2. The molecule has 152 valence electrons. The molecule has 1 atom stereocenters. The van der Waals surface area contributed by atoms with Crippen LogP contribution in [0.25, 0.3) is 5.69 Å². The Kier molecular flexibility index (Phi) is 5.60. The predicted octanol–water partition coefficient (Wildman–Crippen LogP) is 2.77. The first-order valence-corrected chi connectivity index (χ1v) is 10.00. The monoisotopic (exact) mass is 392 g/mol. The number of anilines is 1. The molecule has 1 aliphatic heterocycles. The van der Waals surface area contributed by atoms with Crippen LogP contribution >= 0.6 is 0 Å². The van der Waals surface area contributed by atoms with E-state index in [-0.39, 0.29) is 6.04 Å². The molecule has 29 heavy (non-hydrogen) atoms. The number of tetrazole rings is 1. The van der Waals surface area contributed by atoms with Gasteiger partial charge in [-0.05, 0) is 53.1 Å². The Morgan fingerprint density at radius 1 is 0.966 bits per heavy atom. The third-order valence-corrected chi connectivity index (χ3v) is 5.53. The van der Waals surface area contributed by atoms with Crippen molar-refractivity contribution >= 4 is 5.69 Å². The first kappa shape index (κ1) is 19.5. The summed E-state index contributed by atoms with van der Waals surface area (Å²) in [6.45, 7) is 7.33. The maximum absolute atomic E-state index is 5.60. The van der Waals surface area contributed by atoms with Crippen LogP contribution in [0, 0.1) is 13.8 Å². The summed E-state index contributed by atoms with van der Waals surface area (Å²) in [4.78, 5) is 4.51. The van der Waals surface area contributed by atoms with E-state index in [9.17, 15) is 0 Å². The van der Waals surface area contributed by atoms with E-state index < -0.39 is 0 Å². The van der Waals surface area contributed by atoms with Crippen LogP contribution < -0.4 is 4.90 Å². The molecule has 7 nitrogen and oxygen atoms in total. The molecule has 1 aromatic heterocycles. The van der Waals surface area contributed by atoms with Gasteiger partial charge in [-0.25, -0.2) is 0 Å². The fourth-order valence-electron chi connectivity index (χ4n) is 3.98. The number of hydrogen-bond acceptors (Lipinski definition) is 6. The number of para-hydroxylation sites is 1. The van der Waals surface area contributed by atoms with Crippen LogP contribution in [0.2, 0.25) is 0 Å². The van der Waals surface area contributed by atoms with Gasteiger partial charge in [-0.3, -0.25) is 4.90 Å². The van der Waals surface area contributed by atoms with Crippen molar-refractivity contribution in [2.24, 2.45) is 0 Å². The molecule has 0 N–H and O–H groups in total. The Labute approximate surface area is 171 Å². The number of aromatic nitrogens is 4. The molecule has 0 radical (unpaired) electrons. The number of rotatable bonds is 5. The molecule has 0 bridgehead atoms. The number of benzene rings is 2. The summed E-state index contributed by atoms with van der Waals surface area (Å²) < 4.78 is 7.51. The lowest BCUT2D eigenvalue weighted by molar-refractivity contribution is 0.0220. The molecule has 2 heterocycles. The second-order valence-corrected chi connectivity index (χ2v) is 7.73. The topological polar surface area (TPSA) is 59.3 Å². The zero-order chi connectivity index (χ0) is 20.4. The van der Waals surface area contributed by atoms with Crippen molar-refractivity contribution in [1.29, 1.82) is 0 Å². The minimum atomic E-state index is -0.0379. The summed E-state index contributed by atoms with van der Waals surface area (Å²) in [5.41, 5.74) is 5.71. The first-order chi connectivity index (χ1) is 14.1. The van der Waals surface area contributed by atoms with Crippen molar-refractivity contribution in [1.82, 2.24) is 25.1 Å². The Morgan fingerprint density at radius 2 is 1.62 bits per heavy atom. The van der Waals surface area contributed by atoms with Gasteiger partial charge in [0.1, 0.15) is 0 Å². The summed E-state index contributed by atoms with van der Waals surface area (Å²) >= 11 is 0. The molecule has 2 aromatic carbocycles. The lowest BCUT2D eigenvalue weighted by Crippen LogP contribution is -2.40. The minimum Gasteiger partial charge on any atom is -0.379 e. The quantitative estimate of drug-likeness (QED) is 0.665. The molecule has 0 spiro atoms. The highest BCUT2D eigenvalue weighted by molar-refractivity contribution is 5.49. The van der Waals surface area contributed by atoms with Crippen molar-refractivity contribution in [2.75, 3.05) is 45.3 Å². The minimum absolute atomic E-state index is 0.0379. The van der Waals surface area contributed by atoms with Crippen LogP contribution in [0.1, 0.15) is 28.6 Å². The van der Waals surface area contributed by atoms with Crippen LogP contribution in [-0.2, 0) is 4.74 Å². The van der Waals surface area contributed by atoms with Crippen LogP contribution in [0.15, 0.2) is 42.5 Å². The van der Waals surface area contributed by atoms with E-state index in [2.05, 4.69) is 95.7 Å². The maximum Gasteiger partial charge on any atom is 0.178 e. The average molecular weight is 393 g/mol. The Morgan fingerprint density at radius 3 is 2.24 bits per heavy atom. The van der Waals surface area contributed by atoms with E-state index in [0.717, 1.165) is 48.9 Å². The zero-order valence-corrected chi connectivity index (χ0v) is 17.5. The Bertz CT molecular complexity index is 939. The van der Waals surface area contributed by atoms with Crippen molar-refractivity contribution in [3.8, 4) is 5.69 Å². The van der Waals surface area contributed by atoms with Gasteiger partial charge in [0, 0.05) is 32.9 Å². The summed E-state index contributed by atoms with van der Waals surface area (Å²) in [5.74, 6) is 0.835. The molecule has 1 fully saturated rings. The molecule has 3 aromatic rings. The standard InChI is InChI=1S/C22H28N6O/c1-16-6-5-7-17(2)20(16)28-22(23-24-25-28)21(27-12-14-29-15-13-27)18-8-10-19(11-9-18)26(3)4/h5-11,21H,12-15H2,1-4H3/t21-/m1/s1. The van der Waals surface area contributed by atoms with Crippen LogP contribution in [0.5, 0.6) is 0 Å². The molecular weight excluding hydrogens is 364 g/mol. The van der Waals surface area contributed by atoms with Crippen LogP contribution in [0.3, 0.4) is 0 Å². The number of morpholine rings is 1. The van der Waals surface area contributed by atoms with Gasteiger partial charge < -0.3 is 9.64 Å².